The van der Waals surface area contributed by atoms with Crippen LogP contribution < -0.4 is 5.32 Å². The van der Waals surface area contributed by atoms with Crippen molar-refractivity contribution in [2.75, 3.05) is 33.3 Å². The van der Waals surface area contributed by atoms with Crippen LogP contribution in [0.15, 0.2) is 6.07 Å². The average molecular weight is 392 g/mol. The lowest BCUT2D eigenvalue weighted by Crippen LogP contribution is -2.51. The molecule has 0 aliphatic carbocycles. The fourth-order valence-corrected chi connectivity index (χ4v) is 5.89. The van der Waals surface area contributed by atoms with E-state index in [2.05, 4.69) is 16.3 Å². The third kappa shape index (κ3) is 3.41. The third-order valence-electron chi connectivity index (χ3n) is 6.06. The van der Waals surface area contributed by atoms with Crippen LogP contribution in [0.3, 0.4) is 0 Å². The Balaban J connectivity index is 1.50. The number of carbonyl (C=O) groups is 2. The summed E-state index contributed by atoms with van der Waals surface area (Å²) in [6.45, 7) is 7.26. The maximum Gasteiger partial charge on any atom is 0.261 e. The average Bonchev–Trinajstić information content (AvgIpc) is 3.21. The molecule has 148 valence electrons. The first-order chi connectivity index (χ1) is 12.9. The highest BCUT2D eigenvalue weighted by Gasteiger charge is 2.45. The SMILES string of the molecule is CC(C)NC(=O)c1cc2c(s1)C1(CCN(C3CCN(C)C3=O)CC1)OCC2. The van der Waals surface area contributed by atoms with Crippen LogP contribution in [0.25, 0.3) is 0 Å². The number of amides is 2. The zero-order valence-corrected chi connectivity index (χ0v) is 17.2. The second kappa shape index (κ2) is 7.18. The number of thiophene rings is 1. The van der Waals surface area contributed by atoms with Crippen LogP contribution in [0.2, 0.25) is 0 Å². The molecule has 6 nitrogen and oxygen atoms in total. The van der Waals surface area contributed by atoms with Crippen LogP contribution in [0.1, 0.15) is 53.2 Å². The summed E-state index contributed by atoms with van der Waals surface area (Å²) >= 11 is 1.59. The molecule has 2 saturated heterocycles. The summed E-state index contributed by atoms with van der Waals surface area (Å²) in [6, 6.07) is 2.22. The Bertz CT molecular complexity index is 737. The molecule has 1 N–H and O–H groups in total. The van der Waals surface area contributed by atoms with Crippen molar-refractivity contribution in [3.63, 3.8) is 0 Å². The minimum absolute atomic E-state index is 0.0107. The number of likely N-dealkylation sites (N-methyl/N-ethyl adjacent to an activating group) is 1. The van der Waals surface area contributed by atoms with Gasteiger partial charge < -0.3 is 15.0 Å². The van der Waals surface area contributed by atoms with Crippen molar-refractivity contribution < 1.29 is 14.3 Å². The Kier molecular flexibility index (Phi) is 5.03. The monoisotopic (exact) mass is 391 g/mol. The summed E-state index contributed by atoms with van der Waals surface area (Å²) in [4.78, 5) is 31.0. The van der Waals surface area contributed by atoms with E-state index in [0.717, 1.165) is 50.2 Å². The highest BCUT2D eigenvalue weighted by Crippen LogP contribution is 2.46. The number of nitrogens with one attached hydrogen (secondary N) is 1. The lowest BCUT2D eigenvalue weighted by Gasteiger charge is -2.44. The highest BCUT2D eigenvalue weighted by molar-refractivity contribution is 7.14. The Labute approximate surface area is 164 Å². The van der Waals surface area contributed by atoms with E-state index in [0.29, 0.717) is 6.61 Å². The van der Waals surface area contributed by atoms with Crippen molar-refractivity contribution in [1.29, 1.82) is 0 Å². The lowest BCUT2D eigenvalue weighted by molar-refractivity contribution is -0.135. The molecule has 4 rings (SSSR count). The molecule has 1 unspecified atom stereocenters. The van der Waals surface area contributed by atoms with Crippen LogP contribution >= 0.6 is 11.3 Å². The van der Waals surface area contributed by atoms with Crippen molar-refractivity contribution in [2.45, 2.75) is 57.2 Å². The van der Waals surface area contributed by atoms with Gasteiger partial charge in [0.25, 0.3) is 5.91 Å². The Hall–Kier alpha value is -1.44. The van der Waals surface area contributed by atoms with Crippen molar-refractivity contribution in [3.8, 4) is 0 Å². The number of carbonyl (C=O) groups excluding carboxylic acids is 2. The first kappa shape index (κ1) is 18.9. The molecule has 27 heavy (non-hydrogen) atoms. The third-order valence-corrected chi connectivity index (χ3v) is 7.42. The van der Waals surface area contributed by atoms with Crippen LogP contribution in [0.5, 0.6) is 0 Å². The molecule has 0 aromatic carbocycles. The number of likely N-dealkylation sites (tertiary alicyclic amines) is 2. The van der Waals surface area contributed by atoms with Crippen molar-refractivity contribution >= 4 is 23.2 Å². The molecule has 1 spiro atoms. The minimum atomic E-state index is -0.279. The zero-order chi connectivity index (χ0) is 19.2. The van der Waals surface area contributed by atoms with E-state index in [-0.39, 0.29) is 29.5 Å². The summed E-state index contributed by atoms with van der Waals surface area (Å²) in [6.07, 6.45) is 3.57. The quantitative estimate of drug-likeness (QED) is 0.856. The second-order valence-corrected chi connectivity index (χ2v) is 9.34. The molecule has 4 heterocycles. The van der Waals surface area contributed by atoms with Gasteiger partial charge in [0.05, 0.1) is 17.5 Å². The number of hydrogen-bond acceptors (Lipinski definition) is 5. The van der Waals surface area contributed by atoms with Gasteiger partial charge in [-0.25, -0.2) is 0 Å². The summed E-state index contributed by atoms with van der Waals surface area (Å²) < 4.78 is 6.32. The molecule has 0 bridgehead atoms. The zero-order valence-electron chi connectivity index (χ0n) is 16.4. The van der Waals surface area contributed by atoms with Gasteiger partial charge in [-0.2, -0.15) is 0 Å². The van der Waals surface area contributed by atoms with Crippen LogP contribution in [-0.2, 0) is 21.6 Å². The molecule has 3 aliphatic rings. The molecule has 1 atom stereocenters. The van der Waals surface area contributed by atoms with Crippen molar-refractivity contribution in [1.82, 2.24) is 15.1 Å². The van der Waals surface area contributed by atoms with Crippen LogP contribution in [0.4, 0.5) is 0 Å². The van der Waals surface area contributed by atoms with E-state index in [4.69, 9.17) is 4.74 Å². The van der Waals surface area contributed by atoms with Gasteiger partial charge in [-0.1, -0.05) is 0 Å². The summed E-state index contributed by atoms with van der Waals surface area (Å²) in [5.74, 6) is 0.261. The number of piperidine rings is 1. The maximum absolute atomic E-state index is 12.4. The van der Waals surface area contributed by atoms with E-state index in [1.165, 1.54) is 10.4 Å². The van der Waals surface area contributed by atoms with Gasteiger partial charge >= 0.3 is 0 Å². The van der Waals surface area contributed by atoms with Gasteiger partial charge in [-0.05, 0) is 51.2 Å². The van der Waals surface area contributed by atoms with Gasteiger partial charge in [-0.3, -0.25) is 14.5 Å². The highest BCUT2D eigenvalue weighted by atomic mass is 32.1. The molecule has 7 heteroatoms. The van der Waals surface area contributed by atoms with Crippen LogP contribution in [-0.4, -0.2) is 67.0 Å². The molecule has 2 amide bonds. The first-order valence-electron chi connectivity index (χ1n) is 9.97. The van der Waals surface area contributed by atoms with E-state index < -0.39 is 0 Å². The summed E-state index contributed by atoms with van der Waals surface area (Å²) in [7, 11) is 1.89. The fraction of sp³-hybridized carbons (Fsp3) is 0.700. The van der Waals surface area contributed by atoms with Crippen LogP contribution in [0, 0.1) is 0 Å². The van der Waals surface area contributed by atoms with E-state index in [1.54, 1.807) is 11.3 Å². The predicted octanol–water partition coefficient (Wildman–Crippen LogP) is 1.98. The Morgan fingerprint density at radius 2 is 2.07 bits per heavy atom. The molecule has 0 saturated carbocycles. The topological polar surface area (TPSA) is 61.9 Å². The predicted molar refractivity (Wildman–Crippen MR) is 105 cm³/mol. The van der Waals surface area contributed by atoms with Gasteiger partial charge in [0.15, 0.2) is 0 Å². The molecular formula is C20H29N3O3S. The number of hydrogen-bond donors (Lipinski definition) is 1. The Morgan fingerprint density at radius 1 is 1.33 bits per heavy atom. The van der Waals surface area contributed by atoms with E-state index in [1.807, 2.05) is 25.8 Å². The standard InChI is InChI=1S/C20H29N3O3S/c1-13(2)21-18(24)16-12-14-5-11-26-20(17(14)27-16)6-9-23(10-7-20)15-4-8-22(3)19(15)25/h12-13,15H,4-11H2,1-3H3,(H,21,24). The largest absolute Gasteiger partial charge is 0.369 e. The number of nitrogens with zero attached hydrogens (tertiary/aromatic N) is 2. The molecule has 1 aromatic heterocycles. The smallest absolute Gasteiger partial charge is 0.261 e. The second-order valence-electron chi connectivity index (χ2n) is 8.29. The van der Waals surface area contributed by atoms with Gasteiger partial charge in [0.2, 0.25) is 5.91 Å². The van der Waals surface area contributed by atoms with Crippen molar-refractivity contribution in [3.05, 3.63) is 21.4 Å². The normalized spacial score (nSPS) is 25.3. The fourth-order valence-electron chi connectivity index (χ4n) is 4.58. The first-order valence-corrected chi connectivity index (χ1v) is 10.8. The van der Waals surface area contributed by atoms with E-state index in [9.17, 15) is 9.59 Å². The minimum Gasteiger partial charge on any atom is -0.369 e. The van der Waals surface area contributed by atoms with Gasteiger partial charge in [0, 0.05) is 37.6 Å². The molecule has 2 fully saturated rings. The number of fused-ring (bicyclic) bond motifs is 2. The molecular weight excluding hydrogens is 362 g/mol. The van der Waals surface area contributed by atoms with Crippen molar-refractivity contribution in [2.24, 2.45) is 0 Å². The summed E-state index contributed by atoms with van der Waals surface area (Å²) in [5.41, 5.74) is 0.990. The van der Waals surface area contributed by atoms with E-state index >= 15 is 0 Å². The number of rotatable bonds is 3. The number of ether oxygens (including phenoxy) is 1. The molecule has 0 radical (unpaired) electrons. The lowest BCUT2D eigenvalue weighted by atomic mass is 9.84. The Morgan fingerprint density at radius 3 is 2.70 bits per heavy atom. The maximum atomic E-state index is 12.4. The van der Waals surface area contributed by atoms with Gasteiger partial charge in [-0.15, -0.1) is 11.3 Å². The van der Waals surface area contributed by atoms with Gasteiger partial charge in [0.1, 0.15) is 5.60 Å². The summed E-state index contributed by atoms with van der Waals surface area (Å²) in [5, 5.41) is 2.99. The molecule has 1 aromatic rings. The molecule has 3 aliphatic heterocycles.